The normalized spacial score (nSPS) is 24.6. The molecule has 0 unspecified atom stereocenters. The highest BCUT2D eigenvalue weighted by atomic mass is 16.5. The third-order valence-electron chi connectivity index (χ3n) is 3.50. The summed E-state index contributed by atoms with van der Waals surface area (Å²) >= 11 is 0. The molecule has 0 radical (unpaired) electrons. The first-order valence-corrected chi connectivity index (χ1v) is 6.20. The number of rotatable bonds is 4. The van der Waals surface area contributed by atoms with Crippen molar-refractivity contribution in [2.45, 2.75) is 18.9 Å². The Labute approximate surface area is 103 Å². The number of benzene rings is 1. The molecule has 17 heavy (non-hydrogen) atoms. The average Bonchev–Trinajstić information content (AvgIpc) is 2.40. The van der Waals surface area contributed by atoms with Gasteiger partial charge in [-0.1, -0.05) is 12.1 Å². The van der Waals surface area contributed by atoms with E-state index in [9.17, 15) is 0 Å². The summed E-state index contributed by atoms with van der Waals surface area (Å²) in [6.45, 7) is 2.11. The zero-order chi connectivity index (χ0) is 12.1. The molecule has 1 aromatic carbocycles. The van der Waals surface area contributed by atoms with Crippen LogP contribution in [0.3, 0.4) is 0 Å². The van der Waals surface area contributed by atoms with Crippen molar-refractivity contribution in [3.63, 3.8) is 0 Å². The topological polar surface area (TPSA) is 30.5 Å². The quantitative estimate of drug-likeness (QED) is 0.864. The van der Waals surface area contributed by atoms with E-state index >= 15 is 0 Å². The Morgan fingerprint density at radius 3 is 2.65 bits per heavy atom. The maximum absolute atomic E-state index is 5.56. The molecule has 1 aliphatic rings. The van der Waals surface area contributed by atoms with Crippen LogP contribution in [-0.2, 0) is 11.2 Å². The molecule has 3 nitrogen and oxygen atoms in total. The van der Waals surface area contributed by atoms with E-state index in [2.05, 4.69) is 17.4 Å². The first-order valence-electron chi connectivity index (χ1n) is 6.20. The molecule has 1 heterocycles. The smallest absolute Gasteiger partial charge is 0.118 e. The number of hydrogen-bond acceptors (Lipinski definition) is 3. The van der Waals surface area contributed by atoms with Gasteiger partial charge in [0.1, 0.15) is 5.75 Å². The van der Waals surface area contributed by atoms with Gasteiger partial charge in [0, 0.05) is 19.6 Å². The third kappa shape index (κ3) is 3.20. The summed E-state index contributed by atoms with van der Waals surface area (Å²) in [6, 6.07) is 8.32. The molecule has 1 fully saturated rings. The highest BCUT2D eigenvalue weighted by molar-refractivity contribution is 5.27. The molecule has 0 spiro atoms. The van der Waals surface area contributed by atoms with Gasteiger partial charge in [-0.2, -0.15) is 0 Å². The molecular formula is C14H21NO2. The molecule has 94 valence electrons. The summed E-state index contributed by atoms with van der Waals surface area (Å²) in [7, 11) is 3.51. The van der Waals surface area contributed by atoms with Gasteiger partial charge in [0.15, 0.2) is 0 Å². The minimum absolute atomic E-state index is 0.387. The Kier molecular flexibility index (Phi) is 4.40. The van der Waals surface area contributed by atoms with E-state index in [1.54, 1.807) is 7.11 Å². The molecule has 1 saturated heterocycles. The molecule has 1 aromatic rings. The number of methoxy groups -OCH3 is 2. The van der Waals surface area contributed by atoms with Crippen molar-refractivity contribution in [3.8, 4) is 5.75 Å². The molecule has 3 heteroatoms. The van der Waals surface area contributed by atoms with Crippen molar-refractivity contribution in [3.05, 3.63) is 29.8 Å². The molecule has 0 aliphatic carbocycles. The highest BCUT2D eigenvalue weighted by Gasteiger charge is 2.24. The number of hydrogen-bond donors (Lipinski definition) is 1. The molecule has 2 rings (SSSR count). The van der Waals surface area contributed by atoms with Crippen LogP contribution in [0.4, 0.5) is 0 Å². The van der Waals surface area contributed by atoms with E-state index in [1.165, 1.54) is 5.56 Å². The minimum atomic E-state index is 0.387. The maximum Gasteiger partial charge on any atom is 0.118 e. The Hall–Kier alpha value is -1.06. The van der Waals surface area contributed by atoms with E-state index < -0.39 is 0 Å². The predicted octanol–water partition coefficient (Wildman–Crippen LogP) is 1.86. The van der Waals surface area contributed by atoms with E-state index in [-0.39, 0.29) is 0 Å². The molecule has 0 aromatic heterocycles. The Morgan fingerprint density at radius 2 is 2.00 bits per heavy atom. The molecule has 0 saturated carbocycles. The van der Waals surface area contributed by atoms with Crippen molar-refractivity contribution in [2.24, 2.45) is 5.92 Å². The number of piperidine rings is 1. The number of nitrogens with one attached hydrogen (secondary N) is 1. The van der Waals surface area contributed by atoms with E-state index in [1.807, 2.05) is 19.2 Å². The van der Waals surface area contributed by atoms with Crippen molar-refractivity contribution in [2.75, 3.05) is 27.3 Å². The van der Waals surface area contributed by atoms with Crippen LogP contribution < -0.4 is 10.1 Å². The monoisotopic (exact) mass is 235 g/mol. The summed E-state index contributed by atoms with van der Waals surface area (Å²) in [6.07, 6.45) is 2.56. The van der Waals surface area contributed by atoms with Crippen LogP contribution in [0.1, 0.15) is 12.0 Å². The lowest BCUT2D eigenvalue weighted by molar-refractivity contribution is 0.0311. The molecule has 0 amide bonds. The van der Waals surface area contributed by atoms with Gasteiger partial charge >= 0.3 is 0 Å². The van der Waals surface area contributed by atoms with Gasteiger partial charge in [0.2, 0.25) is 0 Å². The van der Waals surface area contributed by atoms with E-state index in [0.717, 1.165) is 31.7 Å². The lowest BCUT2D eigenvalue weighted by Gasteiger charge is -2.31. The van der Waals surface area contributed by atoms with Gasteiger partial charge in [0.05, 0.1) is 13.2 Å². The lowest BCUT2D eigenvalue weighted by Crippen LogP contribution is -2.41. The second kappa shape index (κ2) is 6.03. The molecule has 1 aliphatic heterocycles. The van der Waals surface area contributed by atoms with Crippen molar-refractivity contribution < 1.29 is 9.47 Å². The van der Waals surface area contributed by atoms with Gasteiger partial charge in [-0.25, -0.2) is 0 Å². The summed E-state index contributed by atoms with van der Waals surface area (Å²) in [5, 5.41) is 3.44. The zero-order valence-electron chi connectivity index (χ0n) is 10.6. The van der Waals surface area contributed by atoms with Crippen LogP contribution in [0, 0.1) is 5.92 Å². The first-order chi connectivity index (χ1) is 8.33. The Morgan fingerprint density at radius 1 is 1.24 bits per heavy atom. The average molecular weight is 235 g/mol. The fourth-order valence-electron chi connectivity index (χ4n) is 2.48. The Balaban J connectivity index is 1.98. The highest BCUT2D eigenvalue weighted by Crippen LogP contribution is 2.21. The van der Waals surface area contributed by atoms with Crippen LogP contribution in [-0.4, -0.2) is 33.4 Å². The summed E-state index contributed by atoms with van der Waals surface area (Å²) in [5.74, 6) is 1.49. The van der Waals surface area contributed by atoms with Crippen molar-refractivity contribution in [1.29, 1.82) is 0 Å². The van der Waals surface area contributed by atoms with Gasteiger partial charge in [-0.05, 0) is 37.1 Å². The fourth-order valence-corrected chi connectivity index (χ4v) is 2.48. The van der Waals surface area contributed by atoms with Crippen LogP contribution >= 0.6 is 0 Å². The van der Waals surface area contributed by atoms with Gasteiger partial charge in [0.25, 0.3) is 0 Å². The third-order valence-corrected chi connectivity index (χ3v) is 3.50. The first kappa shape index (κ1) is 12.4. The van der Waals surface area contributed by atoms with Crippen LogP contribution in [0.25, 0.3) is 0 Å². The van der Waals surface area contributed by atoms with Crippen LogP contribution in [0.15, 0.2) is 24.3 Å². The maximum atomic E-state index is 5.56. The standard InChI is InChI=1S/C14H21NO2/c1-16-13-5-3-11(4-6-13)9-12-10-15-8-7-14(12)17-2/h3-6,12,14-15H,7-10H2,1-2H3/t12-,14+/m0/s1. The zero-order valence-corrected chi connectivity index (χ0v) is 10.6. The Bertz CT molecular complexity index is 337. The minimum Gasteiger partial charge on any atom is -0.497 e. The second-order valence-corrected chi connectivity index (χ2v) is 4.58. The van der Waals surface area contributed by atoms with E-state index in [0.29, 0.717) is 12.0 Å². The van der Waals surface area contributed by atoms with E-state index in [4.69, 9.17) is 9.47 Å². The largest absolute Gasteiger partial charge is 0.497 e. The predicted molar refractivity (Wildman–Crippen MR) is 68.5 cm³/mol. The van der Waals surface area contributed by atoms with Gasteiger partial charge in [-0.3, -0.25) is 0 Å². The molecule has 0 bridgehead atoms. The van der Waals surface area contributed by atoms with Crippen LogP contribution in [0.5, 0.6) is 5.75 Å². The molecular weight excluding hydrogens is 214 g/mol. The lowest BCUT2D eigenvalue weighted by atomic mass is 9.89. The van der Waals surface area contributed by atoms with Crippen molar-refractivity contribution >= 4 is 0 Å². The van der Waals surface area contributed by atoms with Crippen LogP contribution in [0.2, 0.25) is 0 Å². The summed E-state index contributed by atoms with van der Waals surface area (Å²) in [4.78, 5) is 0. The fraction of sp³-hybridized carbons (Fsp3) is 0.571. The van der Waals surface area contributed by atoms with Crippen molar-refractivity contribution in [1.82, 2.24) is 5.32 Å². The van der Waals surface area contributed by atoms with Gasteiger partial charge in [-0.15, -0.1) is 0 Å². The SMILES string of the molecule is COc1ccc(C[C@H]2CNCC[C@H]2OC)cc1. The summed E-state index contributed by atoms with van der Waals surface area (Å²) < 4.78 is 10.7. The second-order valence-electron chi connectivity index (χ2n) is 4.58. The summed E-state index contributed by atoms with van der Waals surface area (Å²) in [5.41, 5.74) is 1.35. The number of ether oxygens (including phenoxy) is 2. The van der Waals surface area contributed by atoms with Gasteiger partial charge < -0.3 is 14.8 Å². The molecule has 2 atom stereocenters. The molecule has 1 N–H and O–H groups in total.